The lowest BCUT2D eigenvalue weighted by molar-refractivity contribution is 0.775. The number of nitrogens with zero attached hydrogens (tertiary/aromatic N) is 6. The molecule has 3 aromatic heterocycles. The zero-order valence-electron chi connectivity index (χ0n) is 15.3. The van der Waals surface area contributed by atoms with Gasteiger partial charge in [-0.15, -0.1) is 5.10 Å². The molecule has 0 bridgehead atoms. The predicted octanol–water partition coefficient (Wildman–Crippen LogP) is 3.13. The van der Waals surface area contributed by atoms with Gasteiger partial charge in [-0.25, -0.2) is 15.0 Å². The Bertz CT molecular complexity index is 1420. The average molecular weight is 388 g/mol. The van der Waals surface area contributed by atoms with Crippen molar-refractivity contribution in [2.24, 2.45) is 7.05 Å². The molecule has 0 aliphatic carbocycles. The minimum absolute atomic E-state index is 0.0468. The van der Waals surface area contributed by atoms with Gasteiger partial charge in [-0.3, -0.25) is 9.36 Å². The number of aryl methyl sites for hydroxylation is 1. The molecule has 138 valence electrons. The van der Waals surface area contributed by atoms with Crippen molar-refractivity contribution in [2.45, 2.75) is 17.8 Å². The Balaban J connectivity index is 1.60. The molecule has 5 rings (SSSR count). The van der Waals surface area contributed by atoms with Gasteiger partial charge < -0.3 is 0 Å². The van der Waals surface area contributed by atoms with E-state index >= 15 is 0 Å². The first-order valence-corrected chi connectivity index (χ1v) is 9.80. The second kappa shape index (κ2) is 6.42. The number of fused-ring (bicyclic) bond motifs is 4. The van der Waals surface area contributed by atoms with Gasteiger partial charge in [-0.1, -0.05) is 36.0 Å². The van der Waals surface area contributed by atoms with Crippen LogP contribution in [0, 0.1) is 6.92 Å². The number of hydrogen-bond donors (Lipinski definition) is 0. The maximum absolute atomic E-state index is 12.6. The molecule has 0 N–H and O–H groups in total. The summed E-state index contributed by atoms with van der Waals surface area (Å²) in [6.45, 7) is 1.87. The molecule has 0 aliphatic heterocycles. The quantitative estimate of drug-likeness (QED) is 0.349. The van der Waals surface area contributed by atoms with Crippen LogP contribution in [0.4, 0.5) is 0 Å². The van der Waals surface area contributed by atoms with E-state index in [9.17, 15) is 4.79 Å². The van der Waals surface area contributed by atoms with Gasteiger partial charge in [0.05, 0.1) is 22.2 Å². The van der Waals surface area contributed by atoms with Crippen molar-refractivity contribution in [1.82, 2.24) is 29.1 Å². The van der Waals surface area contributed by atoms with Crippen molar-refractivity contribution >= 4 is 39.2 Å². The summed E-state index contributed by atoms with van der Waals surface area (Å²) < 4.78 is 3.36. The Kier molecular flexibility index (Phi) is 3.87. The van der Waals surface area contributed by atoms with Crippen LogP contribution in [0.5, 0.6) is 0 Å². The van der Waals surface area contributed by atoms with E-state index in [0.29, 0.717) is 28.3 Å². The van der Waals surface area contributed by atoms with Gasteiger partial charge in [0.2, 0.25) is 0 Å². The fourth-order valence-corrected chi connectivity index (χ4v) is 4.18. The van der Waals surface area contributed by atoms with Crippen molar-refractivity contribution in [3.05, 3.63) is 70.5 Å². The highest BCUT2D eigenvalue weighted by atomic mass is 32.2. The second-order valence-corrected chi connectivity index (χ2v) is 7.45. The molecule has 0 atom stereocenters. The summed E-state index contributed by atoms with van der Waals surface area (Å²) in [4.78, 5) is 26.6. The summed E-state index contributed by atoms with van der Waals surface area (Å²) in [5.41, 5.74) is 2.31. The summed E-state index contributed by atoms with van der Waals surface area (Å²) >= 11 is 1.49. The summed E-state index contributed by atoms with van der Waals surface area (Å²) in [7, 11) is 1.75. The molecular formula is C20H16N6OS. The van der Waals surface area contributed by atoms with Crippen molar-refractivity contribution in [3.63, 3.8) is 0 Å². The van der Waals surface area contributed by atoms with Gasteiger partial charge in [-0.05, 0) is 31.2 Å². The van der Waals surface area contributed by atoms with E-state index in [1.54, 1.807) is 22.2 Å². The topological polar surface area (TPSA) is 78.0 Å². The molecule has 5 aromatic rings. The molecule has 0 fully saturated rings. The SMILES string of the molecule is Cc1nc2c3ccccc3nc(SCc3nc4ccccc4c(=O)n3C)n2n1. The lowest BCUT2D eigenvalue weighted by Crippen LogP contribution is -2.22. The number of rotatable bonds is 3. The van der Waals surface area contributed by atoms with Crippen LogP contribution in [-0.2, 0) is 12.8 Å². The summed E-state index contributed by atoms with van der Waals surface area (Å²) in [5, 5.41) is 6.80. The van der Waals surface area contributed by atoms with Crippen LogP contribution in [0.2, 0.25) is 0 Å². The van der Waals surface area contributed by atoms with Crippen molar-refractivity contribution < 1.29 is 0 Å². The summed E-state index contributed by atoms with van der Waals surface area (Å²) in [5.74, 6) is 1.88. The Morgan fingerprint density at radius 1 is 0.929 bits per heavy atom. The first-order chi connectivity index (χ1) is 13.6. The molecule has 28 heavy (non-hydrogen) atoms. The van der Waals surface area contributed by atoms with Gasteiger partial charge in [0, 0.05) is 12.4 Å². The highest BCUT2D eigenvalue weighted by molar-refractivity contribution is 7.98. The Labute approximate surface area is 164 Å². The molecule has 2 aromatic carbocycles. The zero-order chi connectivity index (χ0) is 19.3. The van der Waals surface area contributed by atoms with Gasteiger partial charge in [-0.2, -0.15) is 4.52 Å². The lowest BCUT2D eigenvalue weighted by atomic mass is 10.2. The Morgan fingerprint density at radius 3 is 2.39 bits per heavy atom. The number of aromatic nitrogens is 6. The molecule has 0 radical (unpaired) electrons. The lowest BCUT2D eigenvalue weighted by Gasteiger charge is -2.10. The van der Waals surface area contributed by atoms with Crippen LogP contribution in [0.1, 0.15) is 11.6 Å². The molecule has 3 heterocycles. The van der Waals surface area contributed by atoms with Crippen LogP contribution >= 0.6 is 11.8 Å². The van der Waals surface area contributed by atoms with Gasteiger partial charge in [0.25, 0.3) is 5.56 Å². The third-order valence-corrected chi connectivity index (χ3v) is 5.59. The van der Waals surface area contributed by atoms with E-state index in [2.05, 4.69) is 15.1 Å². The minimum atomic E-state index is -0.0468. The Hall–Kier alpha value is -3.26. The van der Waals surface area contributed by atoms with Gasteiger partial charge in [0.1, 0.15) is 11.6 Å². The van der Waals surface area contributed by atoms with E-state index in [1.165, 1.54) is 11.8 Å². The number of hydrogen-bond acceptors (Lipinski definition) is 6. The monoisotopic (exact) mass is 388 g/mol. The normalized spacial score (nSPS) is 11.6. The van der Waals surface area contributed by atoms with Gasteiger partial charge in [0.15, 0.2) is 10.8 Å². The maximum atomic E-state index is 12.6. The zero-order valence-corrected chi connectivity index (χ0v) is 16.1. The maximum Gasteiger partial charge on any atom is 0.261 e. The van der Waals surface area contributed by atoms with Crippen LogP contribution in [-0.4, -0.2) is 29.1 Å². The largest absolute Gasteiger partial charge is 0.299 e. The van der Waals surface area contributed by atoms with E-state index < -0.39 is 0 Å². The standard InChI is InChI=1S/C20H16N6OS/c1-12-21-18-13-7-3-5-9-15(13)23-20(26(18)24-12)28-11-17-22-16-10-6-4-8-14(16)19(27)25(17)2/h3-10H,11H2,1-2H3. The number of para-hydroxylation sites is 2. The molecule has 0 aliphatic rings. The molecule has 0 saturated heterocycles. The highest BCUT2D eigenvalue weighted by Crippen LogP contribution is 2.25. The molecule has 0 spiro atoms. The first kappa shape index (κ1) is 16.9. The van der Waals surface area contributed by atoms with E-state index in [4.69, 9.17) is 4.98 Å². The fourth-order valence-electron chi connectivity index (χ4n) is 3.25. The first-order valence-electron chi connectivity index (χ1n) is 8.81. The third-order valence-electron chi connectivity index (χ3n) is 4.66. The molecule has 7 nitrogen and oxygen atoms in total. The van der Waals surface area contributed by atoms with E-state index in [0.717, 1.165) is 21.7 Å². The molecule has 0 amide bonds. The third kappa shape index (κ3) is 2.65. The smallest absolute Gasteiger partial charge is 0.261 e. The number of benzene rings is 2. The molecule has 0 saturated carbocycles. The predicted molar refractivity (Wildman–Crippen MR) is 110 cm³/mol. The van der Waals surface area contributed by atoms with Crippen molar-refractivity contribution in [1.29, 1.82) is 0 Å². The highest BCUT2D eigenvalue weighted by Gasteiger charge is 2.14. The van der Waals surface area contributed by atoms with Crippen molar-refractivity contribution in [2.75, 3.05) is 0 Å². The fraction of sp³-hybridized carbons (Fsp3) is 0.150. The number of thioether (sulfide) groups is 1. The average Bonchev–Trinajstić information content (AvgIpc) is 3.11. The van der Waals surface area contributed by atoms with Gasteiger partial charge >= 0.3 is 0 Å². The molecule has 0 unspecified atom stereocenters. The summed E-state index contributed by atoms with van der Waals surface area (Å²) in [6, 6.07) is 15.3. The van der Waals surface area contributed by atoms with E-state index in [1.807, 2.05) is 49.4 Å². The summed E-state index contributed by atoms with van der Waals surface area (Å²) in [6.07, 6.45) is 0. The molecule has 8 heteroatoms. The van der Waals surface area contributed by atoms with Crippen LogP contribution in [0.3, 0.4) is 0 Å². The van der Waals surface area contributed by atoms with Crippen molar-refractivity contribution in [3.8, 4) is 0 Å². The minimum Gasteiger partial charge on any atom is -0.299 e. The van der Waals surface area contributed by atoms with Crippen LogP contribution in [0.15, 0.2) is 58.5 Å². The van der Waals surface area contributed by atoms with Crippen LogP contribution in [0.25, 0.3) is 27.5 Å². The molecular weight excluding hydrogens is 372 g/mol. The van der Waals surface area contributed by atoms with Crippen LogP contribution < -0.4 is 5.56 Å². The van der Waals surface area contributed by atoms with E-state index in [-0.39, 0.29) is 5.56 Å². The second-order valence-electron chi connectivity index (χ2n) is 6.50. The Morgan fingerprint density at radius 2 is 1.61 bits per heavy atom.